The number of carbonyl (C=O) groups is 3. The third-order valence-electron chi connectivity index (χ3n) is 5.24. The fourth-order valence-electron chi connectivity index (χ4n) is 3.40. The standard InChI is InChI=1S/C26H18BrCl2NO5S/c1-34-22-4-2-3-16(24(22)35-14-17-7-10-19(28)12-20(17)29)11-23-25(32)30(26(33)36-23)13-21(31)15-5-8-18(27)9-6-15/h2-12H,13-14H2,1H3/b23-11+. The van der Waals surface area contributed by atoms with E-state index in [4.69, 9.17) is 32.7 Å². The van der Waals surface area contributed by atoms with E-state index < -0.39 is 11.1 Å². The Morgan fingerprint density at radius 3 is 2.53 bits per heavy atom. The van der Waals surface area contributed by atoms with Gasteiger partial charge in [0.15, 0.2) is 17.3 Å². The van der Waals surface area contributed by atoms with Crippen LogP contribution in [0.3, 0.4) is 0 Å². The minimum absolute atomic E-state index is 0.125. The molecule has 0 aromatic heterocycles. The lowest BCUT2D eigenvalue weighted by atomic mass is 10.1. The van der Waals surface area contributed by atoms with Gasteiger partial charge in [0.1, 0.15) is 6.61 Å². The van der Waals surface area contributed by atoms with Gasteiger partial charge in [-0.25, -0.2) is 0 Å². The second-order valence-electron chi connectivity index (χ2n) is 7.60. The molecule has 3 aromatic rings. The predicted molar refractivity (Wildman–Crippen MR) is 145 cm³/mol. The fraction of sp³-hybridized carbons (Fsp3) is 0.115. The summed E-state index contributed by atoms with van der Waals surface area (Å²) in [5.74, 6) is -0.0662. The van der Waals surface area contributed by atoms with E-state index in [-0.39, 0.29) is 23.8 Å². The number of rotatable bonds is 8. The maximum Gasteiger partial charge on any atom is 0.293 e. The van der Waals surface area contributed by atoms with E-state index >= 15 is 0 Å². The van der Waals surface area contributed by atoms with Crippen molar-refractivity contribution in [2.45, 2.75) is 6.61 Å². The summed E-state index contributed by atoms with van der Waals surface area (Å²) in [6.45, 7) is -0.222. The molecule has 0 aliphatic carbocycles. The topological polar surface area (TPSA) is 72.9 Å². The first-order chi connectivity index (χ1) is 17.3. The number of para-hydroxylation sites is 1. The summed E-state index contributed by atoms with van der Waals surface area (Å²) < 4.78 is 12.3. The van der Waals surface area contributed by atoms with Crippen LogP contribution in [0.5, 0.6) is 11.5 Å². The first kappa shape index (κ1) is 26.3. The Morgan fingerprint density at radius 2 is 1.83 bits per heavy atom. The fourth-order valence-corrected chi connectivity index (χ4v) is 4.96. The van der Waals surface area contributed by atoms with Crippen molar-refractivity contribution in [3.63, 3.8) is 0 Å². The Morgan fingerprint density at radius 1 is 1.08 bits per heavy atom. The molecular formula is C26H18BrCl2NO5S. The van der Waals surface area contributed by atoms with Crippen LogP contribution in [-0.4, -0.2) is 35.5 Å². The minimum atomic E-state index is -0.551. The molecule has 1 saturated heterocycles. The monoisotopic (exact) mass is 605 g/mol. The van der Waals surface area contributed by atoms with E-state index in [1.165, 1.54) is 7.11 Å². The van der Waals surface area contributed by atoms with Crippen molar-refractivity contribution in [1.82, 2.24) is 4.90 Å². The van der Waals surface area contributed by atoms with E-state index in [1.807, 2.05) is 0 Å². The molecule has 0 unspecified atom stereocenters. The van der Waals surface area contributed by atoms with Crippen molar-refractivity contribution in [1.29, 1.82) is 0 Å². The van der Waals surface area contributed by atoms with Gasteiger partial charge in [0.2, 0.25) is 0 Å². The molecule has 2 amide bonds. The quantitative estimate of drug-likeness (QED) is 0.198. The van der Waals surface area contributed by atoms with Gasteiger partial charge in [-0.15, -0.1) is 0 Å². The van der Waals surface area contributed by atoms with E-state index in [0.29, 0.717) is 38.2 Å². The first-order valence-corrected chi connectivity index (χ1v) is 12.9. The number of halogens is 3. The van der Waals surface area contributed by atoms with Crippen LogP contribution in [-0.2, 0) is 11.4 Å². The van der Waals surface area contributed by atoms with Gasteiger partial charge >= 0.3 is 0 Å². The Kier molecular flexibility index (Phi) is 8.41. The number of hydrogen-bond donors (Lipinski definition) is 0. The number of benzene rings is 3. The highest BCUT2D eigenvalue weighted by Gasteiger charge is 2.36. The summed E-state index contributed by atoms with van der Waals surface area (Å²) in [5, 5.41) is 0.446. The first-order valence-electron chi connectivity index (χ1n) is 10.5. The second-order valence-corrected chi connectivity index (χ2v) is 10.4. The van der Waals surface area contributed by atoms with Crippen LogP contribution in [0.15, 0.2) is 70.0 Å². The largest absolute Gasteiger partial charge is 0.493 e. The van der Waals surface area contributed by atoms with Crippen LogP contribution in [0.2, 0.25) is 10.0 Å². The van der Waals surface area contributed by atoms with Gasteiger partial charge in [0.05, 0.1) is 18.6 Å². The highest BCUT2D eigenvalue weighted by atomic mass is 79.9. The molecule has 10 heteroatoms. The molecule has 0 bridgehead atoms. The molecule has 0 spiro atoms. The van der Waals surface area contributed by atoms with Gasteiger partial charge in [-0.3, -0.25) is 19.3 Å². The minimum Gasteiger partial charge on any atom is -0.493 e. The van der Waals surface area contributed by atoms with Crippen LogP contribution in [0.25, 0.3) is 6.08 Å². The highest BCUT2D eigenvalue weighted by molar-refractivity contribution is 9.10. The molecule has 0 N–H and O–H groups in total. The molecule has 0 saturated carbocycles. The molecular weight excluding hydrogens is 589 g/mol. The number of amides is 2. The van der Waals surface area contributed by atoms with Gasteiger partial charge in [-0.1, -0.05) is 69.5 Å². The molecule has 184 valence electrons. The van der Waals surface area contributed by atoms with Crippen LogP contribution < -0.4 is 9.47 Å². The lowest BCUT2D eigenvalue weighted by Crippen LogP contribution is -2.33. The van der Waals surface area contributed by atoms with Gasteiger partial charge < -0.3 is 9.47 Å². The average Bonchev–Trinajstić information content (AvgIpc) is 3.11. The molecule has 1 fully saturated rings. The van der Waals surface area contributed by atoms with E-state index in [1.54, 1.807) is 66.7 Å². The van der Waals surface area contributed by atoms with Crippen LogP contribution in [0, 0.1) is 0 Å². The number of hydrogen-bond acceptors (Lipinski definition) is 6. The summed E-state index contributed by atoms with van der Waals surface area (Å²) in [5.41, 5.74) is 1.65. The Hall–Kier alpha value is -2.78. The zero-order valence-electron chi connectivity index (χ0n) is 18.8. The molecule has 1 aliphatic heterocycles. The predicted octanol–water partition coefficient (Wildman–Crippen LogP) is 7.26. The van der Waals surface area contributed by atoms with Gasteiger partial charge in [-0.05, 0) is 48.2 Å². The van der Waals surface area contributed by atoms with Crippen molar-refractivity contribution >= 4 is 73.9 Å². The van der Waals surface area contributed by atoms with Crippen molar-refractivity contribution in [2.75, 3.05) is 13.7 Å². The Balaban J connectivity index is 1.56. The Bertz CT molecular complexity index is 1380. The number of nitrogens with zero attached hydrogens (tertiary/aromatic N) is 1. The van der Waals surface area contributed by atoms with Crippen LogP contribution in [0.1, 0.15) is 21.5 Å². The maximum absolute atomic E-state index is 13.0. The van der Waals surface area contributed by atoms with Crippen molar-refractivity contribution in [3.05, 3.63) is 96.8 Å². The molecule has 6 nitrogen and oxygen atoms in total. The van der Waals surface area contributed by atoms with Gasteiger partial charge in [0.25, 0.3) is 11.1 Å². The second kappa shape index (κ2) is 11.5. The number of imide groups is 1. The third-order valence-corrected chi connectivity index (χ3v) is 7.27. The number of methoxy groups -OCH3 is 1. The summed E-state index contributed by atoms with van der Waals surface area (Å²) in [4.78, 5) is 39.3. The average molecular weight is 607 g/mol. The molecule has 4 rings (SSSR count). The van der Waals surface area contributed by atoms with Crippen molar-refractivity contribution < 1.29 is 23.9 Å². The number of thioether (sulfide) groups is 1. The molecule has 0 atom stereocenters. The van der Waals surface area contributed by atoms with Gasteiger partial charge in [0, 0.05) is 31.2 Å². The SMILES string of the molecule is COc1cccc(/C=C2/SC(=O)N(CC(=O)c3ccc(Br)cc3)C2=O)c1OCc1ccc(Cl)cc1Cl. The molecule has 0 radical (unpaired) electrons. The lowest BCUT2D eigenvalue weighted by molar-refractivity contribution is -0.122. The Labute approximate surface area is 230 Å². The van der Waals surface area contributed by atoms with Crippen molar-refractivity contribution in [2.24, 2.45) is 0 Å². The van der Waals surface area contributed by atoms with E-state index in [0.717, 1.165) is 21.1 Å². The zero-order chi connectivity index (χ0) is 25.8. The third kappa shape index (κ3) is 5.95. The maximum atomic E-state index is 13.0. The molecule has 1 aliphatic rings. The summed E-state index contributed by atoms with van der Waals surface area (Å²) >= 11 is 16.3. The number of carbonyl (C=O) groups excluding carboxylic acids is 3. The summed E-state index contributed by atoms with van der Waals surface area (Å²) in [7, 11) is 1.50. The number of ketones is 1. The normalized spacial score (nSPS) is 14.4. The number of Topliss-reactive ketones (excluding diaryl/α,β-unsaturated/α-hetero) is 1. The molecule has 36 heavy (non-hydrogen) atoms. The van der Waals surface area contributed by atoms with E-state index in [2.05, 4.69) is 15.9 Å². The highest BCUT2D eigenvalue weighted by Crippen LogP contribution is 2.38. The molecule has 1 heterocycles. The van der Waals surface area contributed by atoms with Crippen LogP contribution >= 0.6 is 50.9 Å². The molecule has 3 aromatic carbocycles. The number of ether oxygens (including phenoxy) is 2. The van der Waals surface area contributed by atoms with Crippen LogP contribution in [0.4, 0.5) is 4.79 Å². The van der Waals surface area contributed by atoms with E-state index in [9.17, 15) is 14.4 Å². The zero-order valence-corrected chi connectivity index (χ0v) is 22.7. The summed E-state index contributed by atoms with van der Waals surface area (Å²) in [6, 6.07) is 17.0. The lowest BCUT2D eigenvalue weighted by Gasteiger charge is -2.14. The van der Waals surface area contributed by atoms with Crippen molar-refractivity contribution in [3.8, 4) is 11.5 Å². The van der Waals surface area contributed by atoms with Gasteiger partial charge in [-0.2, -0.15) is 0 Å². The summed E-state index contributed by atoms with van der Waals surface area (Å²) in [6.07, 6.45) is 1.55. The smallest absolute Gasteiger partial charge is 0.293 e.